The van der Waals surface area contributed by atoms with E-state index in [2.05, 4.69) is 10.6 Å². The largest absolute Gasteiger partial charge is 0.350 e. The van der Waals surface area contributed by atoms with Crippen molar-refractivity contribution in [3.8, 4) is 0 Å². The zero-order valence-electron chi connectivity index (χ0n) is 17.7. The summed E-state index contributed by atoms with van der Waals surface area (Å²) in [6, 6.07) is 12.4. The fourth-order valence-electron chi connectivity index (χ4n) is 6.31. The fraction of sp³-hybridized carbons (Fsp3) is 0.440. The van der Waals surface area contributed by atoms with E-state index in [0.29, 0.717) is 27.0 Å². The molecular formula is C25H26Cl2N2O2S. The molecule has 4 aliphatic rings. The van der Waals surface area contributed by atoms with Crippen molar-refractivity contribution < 1.29 is 9.59 Å². The number of hydrogen-bond donors (Lipinski definition) is 2. The van der Waals surface area contributed by atoms with Crippen LogP contribution in [-0.2, 0) is 4.79 Å². The molecule has 0 radical (unpaired) electrons. The molecule has 4 aliphatic carbocycles. The van der Waals surface area contributed by atoms with Crippen molar-refractivity contribution >= 4 is 52.5 Å². The lowest BCUT2D eigenvalue weighted by atomic mass is 9.53. The molecule has 0 aliphatic heterocycles. The molecule has 0 heterocycles. The highest BCUT2D eigenvalue weighted by atomic mass is 35.5. The van der Waals surface area contributed by atoms with Crippen molar-refractivity contribution in [2.75, 3.05) is 11.1 Å². The Bertz CT molecular complexity index is 1020. The van der Waals surface area contributed by atoms with Gasteiger partial charge in [0, 0.05) is 10.4 Å². The summed E-state index contributed by atoms with van der Waals surface area (Å²) in [5.41, 5.74) is 0.978. The number of carbonyl (C=O) groups is 2. The summed E-state index contributed by atoms with van der Waals surface area (Å²) in [7, 11) is 0. The number of thioether (sulfide) groups is 1. The molecule has 7 heteroatoms. The van der Waals surface area contributed by atoms with Crippen molar-refractivity contribution in [1.82, 2.24) is 5.32 Å². The quantitative estimate of drug-likeness (QED) is 0.460. The monoisotopic (exact) mass is 488 g/mol. The lowest BCUT2D eigenvalue weighted by molar-refractivity contribution is -0.124. The van der Waals surface area contributed by atoms with Crippen LogP contribution in [0.4, 0.5) is 5.69 Å². The van der Waals surface area contributed by atoms with E-state index in [9.17, 15) is 9.59 Å². The Hall–Kier alpha value is -1.69. The number of nitrogens with one attached hydrogen (secondary N) is 2. The normalized spacial score (nSPS) is 27.9. The SMILES string of the molecule is O=C(CSc1ccccc1C(=O)Nc1cccc(Cl)c1Cl)NC12CC3CC(CC(C3)C1)C2. The zero-order valence-corrected chi connectivity index (χ0v) is 20.0. The van der Waals surface area contributed by atoms with Crippen LogP contribution < -0.4 is 10.6 Å². The van der Waals surface area contributed by atoms with E-state index in [0.717, 1.165) is 41.9 Å². The highest BCUT2D eigenvalue weighted by Crippen LogP contribution is 2.55. The van der Waals surface area contributed by atoms with Gasteiger partial charge >= 0.3 is 0 Å². The lowest BCUT2D eigenvalue weighted by Gasteiger charge is -2.56. The van der Waals surface area contributed by atoms with Crippen LogP contribution in [0.3, 0.4) is 0 Å². The predicted molar refractivity (Wildman–Crippen MR) is 131 cm³/mol. The van der Waals surface area contributed by atoms with Crippen molar-refractivity contribution in [3.05, 3.63) is 58.1 Å². The molecule has 6 rings (SSSR count). The molecule has 4 saturated carbocycles. The van der Waals surface area contributed by atoms with Crippen molar-refractivity contribution in [2.45, 2.75) is 49.0 Å². The van der Waals surface area contributed by atoms with Crippen LogP contribution in [0.1, 0.15) is 48.9 Å². The lowest BCUT2D eigenvalue weighted by Crippen LogP contribution is -2.60. The minimum atomic E-state index is -0.279. The second kappa shape index (κ2) is 8.92. The van der Waals surface area contributed by atoms with Crippen LogP contribution in [0.15, 0.2) is 47.4 Å². The minimum absolute atomic E-state index is 0.00656. The number of carbonyl (C=O) groups excluding carboxylic acids is 2. The molecule has 4 nitrogen and oxygen atoms in total. The van der Waals surface area contributed by atoms with Gasteiger partial charge in [0.2, 0.25) is 5.91 Å². The molecular weight excluding hydrogens is 463 g/mol. The summed E-state index contributed by atoms with van der Waals surface area (Å²) in [4.78, 5) is 26.6. The molecule has 2 N–H and O–H groups in total. The Morgan fingerprint density at radius 2 is 1.59 bits per heavy atom. The van der Waals surface area contributed by atoms with E-state index >= 15 is 0 Å². The zero-order chi connectivity index (χ0) is 22.3. The van der Waals surface area contributed by atoms with Gasteiger partial charge in [-0.05, 0) is 80.5 Å². The van der Waals surface area contributed by atoms with Gasteiger partial charge in [-0.25, -0.2) is 0 Å². The van der Waals surface area contributed by atoms with Gasteiger partial charge in [0.05, 0.1) is 27.0 Å². The van der Waals surface area contributed by atoms with E-state index in [1.807, 2.05) is 18.2 Å². The highest BCUT2D eigenvalue weighted by molar-refractivity contribution is 8.00. The van der Waals surface area contributed by atoms with Crippen molar-refractivity contribution in [1.29, 1.82) is 0 Å². The Labute approximate surface area is 202 Å². The van der Waals surface area contributed by atoms with Gasteiger partial charge in [-0.1, -0.05) is 41.4 Å². The van der Waals surface area contributed by atoms with Crippen molar-refractivity contribution in [3.63, 3.8) is 0 Å². The maximum absolute atomic E-state index is 12.9. The molecule has 0 unspecified atom stereocenters. The van der Waals surface area contributed by atoms with E-state index < -0.39 is 0 Å². The van der Waals surface area contributed by atoms with Crippen LogP contribution >= 0.6 is 35.0 Å². The smallest absolute Gasteiger partial charge is 0.256 e. The average molecular weight is 489 g/mol. The van der Waals surface area contributed by atoms with Gasteiger partial charge in [0.15, 0.2) is 0 Å². The van der Waals surface area contributed by atoms with Crippen LogP contribution in [0.25, 0.3) is 0 Å². The summed E-state index contributed by atoms with van der Waals surface area (Å²) >= 11 is 13.7. The number of hydrogen-bond acceptors (Lipinski definition) is 3. The van der Waals surface area contributed by atoms with Crippen LogP contribution in [0.5, 0.6) is 0 Å². The van der Waals surface area contributed by atoms with Gasteiger partial charge in [0.25, 0.3) is 5.91 Å². The first-order valence-electron chi connectivity index (χ1n) is 11.2. The number of rotatable bonds is 6. The topological polar surface area (TPSA) is 58.2 Å². The van der Waals surface area contributed by atoms with Crippen LogP contribution in [0, 0.1) is 17.8 Å². The second-order valence-electron chi connectivity index (χ2n) is 9.59. The van der Waals surface area contributed by atoms with Gasteiger partial charge in [0.1, 0.15) is 0 Å². The summed E-state index contributed by atoms with van der Waals surface area (Å²) in [6.45, 7) is 0. The van der Waals surface area contributed by atoms with E-state index in [4.69, 9.17) is 23.2 Å². The van der Waals surface area contributed by atoms with E-state index in [-0.39, 0.29) is 17.4 Å². The minimum Gasteiger partial charge on any atom is -0.350 e. The summed E-state index contributed by atoms with van der Waals surface area (Å²) < 4.78 is 0. The van der Waals surface area contributed by atoms with Crippen LogP contribution in [0.2, 0.25) is 10.0 Å². The summed E-state index contributed by atoms with van der Waals surface area (Å²) in [6.07, 6.45) is 7.45. The Kier molecular flexibility index (Phi) is 6.17. The van der Waals surface area contributed by atoms with Crippen molar-refractivity contribution in [2.24, 2.45) is 17.8 Å². The second-order valence-corrected chi connectivity index (χ2v) is 11.4. The first-order valence-corrected chi connectivity index (χ1v) is 12.9. The first-order chi connectivity index (χ1) is 15.4. The van der Waals surface area contributed by atoms with Gasteiger partial charge < -0.3 is 10.6 Å². The molecule has 0 atom stereocenters. The predicted octanol–water partition coefficient (Wildman–Crippen LogP) is 6.42. The molecule has 4 fully saturated rings. The number of halogens is 2. The Balaban J connectivity index is 1.23. The number of benzene rings is 2. The summed E-state index contributed by atoms with van der Waals surface area (Å²) in [5, 5.41) is 6.92. The molecule has 168 valence electrons. The maximum atomic E-state index is 12.9. The third-order valence-corrected chi connectivity index (χ3v) is 9.03. The van der Waals surface area contributed by atoms with Gasteiger partial charge in [-0.3, -0.25) is 9.59 Å². The number of anilines is 1. The fourth-order valence-corrected chi connectivity index (χ4v) is 7.51. The first kappa shape index (κ1) is 22.1. The standard InChI is InChI=1S/C25H26Cl2N2O2S/c26-19-5-3-6-20(23(19)27)28-24(31)18-4-1-2-7-21(18)32-14-22(30)29-25-11-15-8-16(12-25)10-17(9-15)13-25/h1-7,15-17H,8-14H2,(H,28,31)(H,29,30). The third kappa shape index (κ3) is 4.52. The van der Waals surface area contributed by atoms with Gasteiger partial charge in [-0.2, -0.15) is 0 Å². The molecule has 0 spiro atoms. The molecule has 2 aromatic rings. The summed E-state index contributed by atoms with van der Waals surface area (Å²) in [5.74, 6) is 2.44. The van der Waals surface area contributed by atoms with Crippen LogP contribution in [-0.4, -0.2) is 23.1 Å². The molecule has 4 bridgehead atoms. The van der Waals surface area contributed by atoms with Gasteiger partial charge in [-0.15, -0.1) is 11.8 Å². The molecule has 32 heavy (non-hydrogen) atoms. The van der Waals surface area contributed by atoms with E-state index in [1.165, 1.54) is 31.0 Å². The molecule has 0 saturated heterocycles. The Morgan fingerprint density at radius 1 is 0.938 bits per heavy atom. The molecule has 2 aromatic carbocycles. The maximum Gasteiger partial charge on any atom is 0.256 e. The third-order valence-electron chi connectivity index (χ3n) is 7.13. The van der Waals surface area contributed by atoms with E-state index in [1.54, 1.807) is 24.3 Å². The molecule has 2 amide bonds. The molecule has 0 aromatic heterocycles. The number of amides is 2. The Morgan fingerprint density at radius 3 is 2.28 bits per heavy atom. The highest BCUT2D eigenvalue weighted by Gasteiger charge is 2.51. The average Bonchev–Trinajstić information content (AvgIpc) is 2.74.